The van der Waals surface area contributed by atoms with Crippen LogP contribution in [0.25, 0.3) is 10.4 Å². The van der Waals surface area contributed by atoms with E-state index < -0.39 is 16.6 Å². The summed E-state index contributed by atoms with van der Waals surface area (Å²) < 4.78 is 0. The molecule has 0 atom stereocenters. The predicted molar refractivity (Wildman–Crippen MR) is 48.9 cm³/mol. The van der Waals surface area contributed by atoms with Crippen molar-refractivity contribution in [1.29, 1.82) is 0 Å². The second-order valence-corrected chi connectivity index (χ2v) is 2.49. The van der Waals surface area contributed by atoms with Gasteiger partial charge in [-0.3, -0.25) is 10.1 Å². The van der Waals surface area contributed by atoms with E-state index in [0.29, 0.717) is 0 Å². The van der Waals surface area contributed by atoms with E-state index in [4.69, 9.17) is 10.6 Å². The van der Waals surface area contributed by atoms with Gasteiger partial charge in [0.05, 0.1) is 10.5 Å². The Morgan fingerprint density at radius 3 is 2.67 bits per heavy atom. The Kier molecular flexibility index (Phi) is 2.85. The van der Waals surface area contributed by atoms with Gasteiger partial charge in [-0.1, -0.05) is 5.11 Å². The zero-order valence-electron chi connectivity index (χ0n) is 7.19. The van der Waals surface area contributed by atoms with Crippen LogP contribution in [0, 0.1) is 10.1 Å². The van der Waals surface area contributed by atoms with Crippen LogP contribution in [0.1, 0.15) is 10.4 Å². The first-order valence-electron chi connectivity index (χ1n) is 3.62. The number of nitro groups is 1. The normalized spacial score (nSPS) is 9.07. The Hall–Kier alpha value is -2.60. The number of azide groups is 1. The Bertz CT molecular complexity index is 415. The molecule has 1 N–H and O–H groups in total. The van der Waals surface area contributed by atoms with Gasteiger partial charge in [-0.15, -0.1) is 0 Å². The summed E-state index contributed by atoms with van der Waals surface area (Å²) in [5.41, 5.74) is 7.28. The minimum Gasteiger partial charge on any atom is -0.478 e. The van der Waals surface area contributed by atoms with Crippen molar-refractivity contribution in [2.24, 2.45) is 5.11 Å². The second-order valence-electron chi connectivity index (χ2n) is 2.49. The molecule has 0 saturated carbocycles. The van der Waals surface area contributed by atoms with Crippen LogP contribution in [0.2, 0.25) is 0 Å². The van der Waals surface area contributed by atoms with E-state index in [1.165, 1.54) is 0 Å². The number of carboxylic acid groups (broad SMARTS) is 1. The molecule has 0 aliphatic carbocycles. The zero-order chi connectivity index (χ0) is 11.4. The van der Waals surface area contributed by atoms with E-state index in [-0.39, 0.29) is 11.3 Å². The molecule has 8 nitrogen and oxygen atoms in total. The molecule has 0 aromatic heterocycles. The average molecular weight is 208 g/mol. The highest BCUT2D eigenvalue weighted by Crippen LogP contribution is 2.23. The number of hydrogen-bond donors (Lipinski definition) is 1. The fourth-order valence-corrected chi connectivity index (χ4v) is 0.933. The summed E-state index contributed by atoms with van der Waals surface area (Å²) in [6.07, 6.45) is 0. The number of nitrogens with zero attached hydrogens (tertiary/aromatic N) is 4. The number of benzene rings is 1. The number of carbonyl (C=O) groups is 1. The van der Waals surface area contributed by atoms with Crippen molar-refractivity contribution in [2.45, 2.75) is 0 Å². The number of aromatic carboxylic acids is 1. The van der Waals surface area contributed by atoms with Gasteiger partial charge in [-0.05, 0) is 11.6 Å². The molecule has 0 radical (unpaired) electrons. The molecule has 0 aliphatic heterocycles. The maximum Gasteiger partial charge on any atom is 0.335 e. The number of carboxylic acids is 1. The molecule has 1 rings (SSSR count). The van der Waals surface area contributed by atoms with Gasteiger partial charge in [0, 0.05) is 22.7 Å². The minimum absolute atomic E-state index is 0.107. The molecule has 0 heterocycles. The lowest BCUT2D eigenvalue weighted by Gasteiger charge is -1.97. The van der Waals surface area contributed by atoms with Gasteiger partial charge >= 0.3 is 5.97 Å². The summed E-state index contributed by atoms with van der Waals surface area (Å²) in [7, 11) is 0. The van der Waals surface area contributed by atoms with Crippen LogP contribution in [0.3, 0.4) is 0 Å². The van der Waals surface area contributed by atoms with Crippen LogP contribution >= 0.6 is 0 Å². The molecule has 0 fully saturated rings. The van der Waals surface area contributed by atoms with Crippen molar-refractivity contribution in [3.8, 4) is 0 Å². The van der Waals surface area contributed by atoms with Gasteiger partial charge < -0.3 is 5.11 Å². The third-order valence-electron chi connectivity index (χ3n) is 1.52. The van der Waals surface area contributed by atoms with Crippen LogP contribution in [0.5, 0.6) is 0 Å². The van der Waals surface area contributed by atoms with E-state index in [1.807, 2.05) is 0 Å². The SMILES string of the molecule is [N-]=[N+]=Nc1cc(C(=O)O)cc([N+](=O)[O-])c1. The predicted octanol–water partition coefficient (Wildman–Crippen LogP) is 2.23. The van der Waals surface area contributed by atoms with Crippen molar-refractivity contribution < 1.29 is 14.8 Å². The van der Waals surface area contributed by atoms with Gasteiger partial charge in [0.1, 0.15) is 0 Å². The Balaban J connectivity index is 3.38. The molecule has 76 valence electrons. The number of nitro benzene ring substituents is 1. The third kappa shape index (κ3) is 2.42. The maximum atomic E-state index is 10.6. The molecule has 0 amide bonds. The highest BCUT2D eigenvalue weighted by Gasteiger charge is 2.12. The standard InChI is InChI=1S/C7H4N4O4/c8-10-9-5-1-4(7(12)13)2-6(3-5)11(14)15/h1-3H,(H,12,13). The lowest BCUT2D eigenvalue weighted by molar-refractivity contribution is -0.384. The molecule has 8 heteroatoms. The van der Waals surface area contributed by atoms with Crippen molar-refractivity contribution in [2.75, 3.05) is 0 Å². The van der Waals surface area contributed by atoms with E-state index in [0.717, 1.165) is 18.2 Å². The summed E-state index contributed by atoms with van der Waals surface area (Å²) in [4.78, 5) is 22.6. The van der Waals surface area contributed by atoms with Gasteiger partial charge in [0.25, 0.3) is 5.69 Å². The van der Waals surface area contributed by atoms with Crippen molar-refractivity contribution in [3.63, 3.8) is 0 Å². The van der Waals surface area contributed by atoms with Crippen molar-refractivity contribution >= 4 is 17.3 Å². The molecular formula is C7H4N4O4. The fraction of sp³-hybridized carbons (Fsp3) is 0. The average Bonchev–Trinajstić information content (AvgIpc) is 2.17. The quantitative estimate of drug-likeness (QED) is 0.268. The van der Waals surface area contributed by atoms with Crippen LogP contribution < -0.4 is 0 Å². The highest BCUT2D eigenvalue weighted by molar-refractivity contribution is 5.89. The Morgan fingerprint density at radius 1 is 1.53 bits per heavy atom. The monoisotopic (exact) mass is 208 g/mol. The van der Waals surface area contributed by atoms with Gasteiger partial charge in [0.2, 0.25) is 0 Å². The molecule has 0 unspecified atom stereocenters. The molecule has 15 heavy (non-hydrogen) atoms. The summed E-state index contributed by atoms with van der Waals surface area (Å²) in [6.45, 7) is 0. The topological polar surface area (TPSA) is 129 Å². The van der Waals surface area contributed by atoms with Crippen LogP contribution in [0.15, 0.2) is 23.3 Å². The lowest BCUT2D eigenvalue weighted by Crippen LogP contribution is -1.97. The smallest absolute Gasteiger partial charge is 0.335 e. The van der Waals surface area contributed by atoms with Gasteiger partial charge in [-0.25, -0.2) is 4.79 Å². The van der Waals surface area contributed by atoms with Crippen molar-refractivity contribution in [1.82, 2.24) is 0 Å². The van der Waals surface area contributed by atoms with E-state index >= 15 is 0 Å². The largest absolute Gasteiger partial charge is 0.478 e. The summed E-state index contributed by atoms with van der Waals surface area (Å²) in [5, 5.41) is 22.1. The first-order chi connectivity index (χ1) is 7.04. The highest BCUT2D eigenvalue weighted by atomic mass is 16.6. The first-order valence-corrected chi connectivity index (χ1v) is 3.62. The summed E-state index contributed by atoms with van der Waals surface area (Å²) in [5.74, 6) is -1.33. The second kappa shape index (κ2) is 4.07. The van der Waals surface area contributed by atoms with Crippen LogP contribution in [0.4, 0.5) is 11.4 Å². The van der Waals surface area contributed by atoms with E-state index in [2.05, 4.69) is 10.0 Å². The number of rotatable bonds is 3. The Labute approximate surface area is 82.5 Å². The summed E-state index contributed by atoms with van der Waals surface area (Å²) in [6, 6.07) is 2.93. The zero-order valence-corrected chi connectivity index (χ0v) is 7.19. The molecule has 1 aromatic rings. The number of hydrogen-bond acceptors (Lipinski definition) is 4. The maximum absolute atomic E-state index is 10.6. The first kappa shape index (κ1) is 10.5. The molecule has 0 bridgehead atoms. The molecule has 0 saturated heterocycles. The van der Waals surface area contributed by atoms with Crippen molar-refractivity contribution in [3.05, 3.63) is 44.3 Å². The molecule has 1 aromatic carbocycles. The van der Waals surface area contributed by atoms with Gasteiger partial charge in [-0.2, -0.15) is 0 Å². The summed E-state index contributed by atoms with van der Waals surface area (Å²) >= 11 is 0. The fourth-order valence-electron chi connectivity index (χ4n) is 0.933. The Morgan fingerprint density at radius 2 is 2.20 bits per heavy atom. The lowest BCUT2D eigenvalue weighted by atomic mass is 10.2. The molecule has 0 spiro atoms. The van der Waals surface area contributed by atoms with E-state index in [9.17, 15) is 14.9 Å². The molecular weight excluding hydrogens is 204 g/mol. The minimum atomic E-state index is -1.33. The van der Waals surface area contributed by atoms with E-state index in [1.54, 1.807) is 0 Å². The van der Waals surface area contributed by atoms with Crippen LogP contribution in [-0.4, -0.2) is 16.0 Å². The third-order valence-corrected chi connectivity index (χ3v) is 1.52. The molecule has 0 aliphatic rings. The van der Waals surface area contributed by atoms with Gasteiger partial charge in [0.15, 0.2) is 0 Å². The van der Waals surface area contributed by atoms with Crippen LogP contribution in [-0.2, 0) is 0 Å². The number of non-ortho nitro benzene ring substituents is 1.